The number of nitrogens with two attached hydrogens (primary N) is 1. The molecule has 0 saturated carbocycles. The van der Waals surface area contributed by atoms with Crippen molar-refractivity contribution >= 4 is 5.82 Å². The Balaban J connectivity index is 2.79. The van der Waals surface area contributed by atoms with Crippen molar-refractivity contribution in [3.8, 4) is 5.88 Å². The van der Waals surface area contributed by atoms with E-state index in [0.717, 1.165) is 6.42 Å². The average Bonchev–Trinajstić information content (AvgIpc) is 2.29. The van der Waals surface area contributed by atoms with E-state index in [1.807, 2.05) is 6.92 Å². The van der Waals surface area contributed by atoms with E-state index in [4.69, 9.17) is 10.5 Å². The van der Waals surface area contributed by atoms with Crippen molar-refractivity contribution in [3.63, 3.8) is 0 Å². The van der Waals surface area contributed by atoms with Crippen molar-refractivity contribution < 1.29 is 4.74 Å². The lowest BCUT2D eigenvalue weighted by Crippen LogP contribution is -2.42. The summed E-state index contributed by atoms with van der Waals surface area (Å²) in [5, 5.41) is 3.25. The fraction of sp³-hybridized carbons (Fsp3) is 0.600. The van der Waals surface area contributed by atoms with Crippen LogP contribution < -0.4 is 15.8 Å². The van der Waals surface area contributed by atoms with E-state index in [0.29, 0.717) is 18.2 Å². The lowest BCUT2D eigenvalue weighted by atomic mass is 9.99. The predicted octanol–water partition coefficient (Wildman–Crippen LogP) is 1.02. The first-order chi connectivity index (χ1) is 7.13. The predicted molar refractivity (Wildman–Crippen MR) is 60.0 cm³/mol. The fourth-order valence-electron chi connectivity index (χ4n) is 1.10. The van der Waals surface area contributed by atoms with Crippen molar-refractivity contribution in [3.05, 3.63) is 12.4 Å². The second-order valence-electron chi connectivity index (χ2n) is 3.69. The van der Waals surface area contributed by atoms with Gasteiger partial charge >= 0.3 is 0 Å². The highest BCUT2D eigenvalue weighted by molar-refractivity contribution is 5.36. The van der Waals surface area contributed by atoms with Gasteiger partial charge in [-0.2, -0.15) is 4.98 Å². The lowest BCUT2D eigenvalue weighted by Gasteiger charge is -2.28. The third-order valence-electron chi connectivity index (χ3n) is 2.48. The number of aromatic nitrogens is 2. The molecule has 3 N–H and O–H groups in total. The maximum Gasteiger partial charge on any atom is 0.233 e. The second-order valence-corrected chi connectivity index (χ2v) is 3.69. The quantitative estimate of drug-likeness (QED) is 0.759. The summed E-state index contributed by atoms with van der Waals surface area (Å²) in [6.45, 7) is 4.67. The molecule has 0 fully saturated rings. The van der Waals surface area contributed by atoms with Crippen molar-refractivity contribution in [2.75, 3.05) is 19.0 Å². The monoisotopic (exact) mass is 210 g/mol. The first-order valence-corrected chi connectivity index (χ1v) is 4.98. The summed E-state index contributed by atoms with van der Waals surface area (Å²) in [4.78, 5) is 8.24. The van der Waals surface area contributed by atoms with Crippen LogP contribution in [0.4, 0.5) is 5.82 Å². The minimum Gasteiger partial charge on any atom is -0.480 e. The van der Waals surface area contributed by atoms with Gasteiger partial charge in [0.15, 0.2) is 0 Å². The van der Waals surface area contributed by atoms with Gasteiger partial charge in [-0.15, -0.1) is 0 Å². The Labute approximate surface area is 90.1 Å². The first-order valence-electron chi connectivity index (χ1n) is 4.98. The van der Waals surface area contributed by atoms with Gasteiger partial charge in [0.05, 0.1) is 19.5 Å². The van der Waals surface area contributed by atoms with Crippen LogP contribution in [-0.2, 0) is 0 Å². The SMILES string of the molecule is CCC(C)(CN)Nc1cncc(OC)n1. The number of nitrogens with one attached hydrogen (secondary N) is 1. The maximum absolute atomic E-state index is 5.69. The Kier molecular flexibility index (Phi) is 3.85. The molecule has 0 aromatic carbocycles. The lowest BCUT2D eigenvalue weighted by molar-refractivity contribution is 0.395. The summed E-state index contributed by atoms with van der Waals surface area (Å²) in [5.41, 5.74) is 5.54. The number of methoxy groups -OCH3 is 1. The molecule has 1 atom stereocenters. The molecule has 0 amide bonds. The summed E-state index contributed by atoms with van der Waals surface area (Å²) >= 11 is 0. The summed E-state index contributed by atoms with van der Waals surface area (Å²) < 4.78 is 4.99. The number of hydrogen-bond acceptors (Lipinski definition) is 5. The van der Waals surface area contributed by atoms with Crippen LogP contribution in [-0.4, -0.2) is 29.2 Å². The molecule has 0 radical (unpaired) electrons. The molecule has 0 saturated heterocycles. The van der Waals surface area contributed by atoms with Crippen molar-refractivity contribution in [2.24, 2.45) is 5.73 Å². The van der Waals surface area contributed by atoms with Gasteiger partial charge in [-0.05, 0) is 13.3 Å². The number of rotatable bonds is 5. The molecule has 0 aliphatic carbocycles. The highest BCUT2D eigenvalue weighted by Crippen LogP contribution is 2.16. The smallest absolute Gasteiger partial charge is 0.233 e. The highest BCUT2D eigenvalue weighted by atomic mass is 16.5. The Bertz CT molecular complexity index is 312. The Morgan fingerprint density at radius 1 is 1.53 bits per heavy atom. The zero-order chi connectivity index (χ0) is 11.3. The van der Waals surface area contributed by atoms with Gasteiger partial charge in [-0.1, -0.05) is 6.92 Å². The standard InChI is InChI=1S/C10H18N4O/c1-4-10(2,7-11)14-8-5-12-6-9(13-8)15-3/h5-6H,4,7,11H2,1-3H3,(H,13,14). The van der Waals surface area contributed by atoms with Gasteiger partial charge in [0.2, 0.25) is 5.88 Å². The molecule has 84 valence electrons. The molecular weight excluding hydrogens is 192 g/mol. The van der Waals surface area contributed by atoms with Gasteiger partial charge in [0, 0.05) is 12.1 Å². The molecule has 1 aromatic rings. The molecule has 1 unspecified atom stereocenters. The molecule has 1 aromatic heterocycles. The van der Waals surface area contributed by atoms with E-state index in [1.165, 1.54) is 0 Å². The highest BCUT2D eigenvalue weighted by Gasteiger charge is 2.20. The number of hydrogen-bond donors (Lipinski definition) is 2. The zero-order valence-electron chi connectivity index (χ0n) is 9.45. The van der Waals surface area contributed by atoms with Crippen LogP contribution >= 0.6 is 0 Å². The third kappa shape index (κ3) is 3.06. The van der Waals surface area contributed by atoms with Gasteiger partial charge in [0.1, 0.15) is 5.82 Å². The number of anilines is 1. The molecule has 5 heteroatoms. The Hall–Kier alpha value is -1.36. The fourth-order valence-corrected chi connectivity index (χ4v) is 1.10. The van der Waals surface area contributed by atoms with E-state index in [-0.39, 0.29) is 5.54 Å². The van der Waals surface area contributed by atoms with Gasteiger partial charge < -0.3 is 15.8 Å². The third-order valence-corrected chi connectivity index (χ3v) is 2.48. The molecule has 5 nitrogen and oxygen atoms in total. The number of ether oxygens (including phenoxy) is 1. The van der Waals surface area contributed by atoms with Crippen LogP contribution in [0.2, 0.25) is 0 Å². The minimum atomic E-state index is -0.152. The zero-order valence-corrected chi connectivity index (χ0v) is 9.45. The van der Waals surface area contributed by atoms with Crippen molar-refractivity contribution in [1.29, 1.82) is 0 Å². The largest absolute Gasteiger partial charge is 0.480 e. The van der Waals surface area contributed by atoms with Crippen LogP contribution in [0.15, 0.2) is 12.4 Å². The minimum absolute atomic E-state index is 0.152. The molecule has 0 bridgehead atoms. The second kappa shape index (κ2) is 4.93. The van der Waals surface area contributed by atoms with Crippen LogP contribution in [0.25, 0.3) is 0 Å². The van der Waals surface area contributed by atoms with E-state index in [2.05, 4.69) is 22.2 Å². The summed E-state index contributed by atoms with van der Waals surface area (Å²) in [5.74, 6) is 1.18. The summed E-state index contributed by atoms with van der Waals surface area (Å²) in [6.07, 6.45) is 4.14. The van der Waals surface area contributed by atoms with Crippen LogP contribution in [0, 0.1) is 0 Å². The van der Waals surface area contributed by atoms with Crippen LogP contribution in [0.1, 0.15) is 20.3 Å². The van der Waals surface area contributed by atoms with Crippen LogP contribution in [0.3, 0.4) is 0 Å². The van der Waals surface area contributed by atoms with E-state index in [1.54, 1.807) is 19.5 Å². The summed E-state index contributed by atoms with van der Waals surface area (Å²) in [6, 6.07) is 0. The molecule has 15 heavy (non-hydrogen) atoms. The van der Waals surface area contributed by atoms with Crippen LogP contribution in [0.5, 0.6) is 5.88 Å². The van der Waals surface area contributed by atoms with Crippen molar-refractivity contribution in [1.82, 2.24) is 9.97 Å². The van der Waals surface area contributed by atoms with Gasteiger partial charge in [-0.3, -0.25) is 4.98 Å². The van der Waals surface area contributed by atoms with Gasteiger partial charge in [-0.25, -0.2) is 0 Å². The number of nitrogens with zero attached hydrogens (tertiary/aromatic N) is 2. The molecule has 0 aliphatic rings. The van der Waals surface area contributed by atoms with Crippen molar-refractivity contribution in [2.45, 2.75) is 25.8 Å². The van der Waals surface area contributed by atoms with Gasteiger partial charge in [0.25, 0.3) is 0 Å². The average molecular weight is 210 g/mol. The Morgan fingerprint density at radius 2 is 2.27 bits per heavy atom. The van der Waals surface area contributed by atoms with E-state index in [9.17, 15) is 0 Å². The first kappa shape index (κ1) is 11.7. The summed E-state index contributed by atoms with van der Waals surface area (Å²) in [7, 11) is 1.57. The molecule has 1 heterocycles. The molecule has 1 rings (SSSR count). The maximum atomic E-state index is 5.69. The van der Waals surface area contributed by atoms with E-state index >= 15 is 0 Å². The molecular formula is C10H18N4O. The normalized spacial score (nSPS) is 14.4. The topological polar surface area (TPSA) is 73.1 Å². The molecule has 0 aliphatic heterocycles. The van der Waals surface area contributed by atoms with E-state index < -0.39 is 0 Å². The Morgan fingerprint density at radius 3 is 2.80 bits per heavy atom. The molecule has 0 spiro atoms.